The number of hydrogen-bond donors (Lipinski definition) is 5. The zero-order valence-corrected chi connectivity index (χ0v) is 21.7. The number of aliphatic hydroxyl groups excluding tert-OH is 2. The number of aliphatic hydroxyl groups is 2. The highest BCUT2D eigenvalue weighted by molar-refractivity contribution is 14.1. The maximum atomic E-state index is 14.5. The Bertz CT molecular complexity index is 1400. The molecule has 190 valence electrons. The molecule has 0 amide bonds. The number of rotatable bonds is 9. The molecule has 2 aromatic heterocycles. The Balaban J connectivity index is 1.65. The fourth-order valence-corrected chi connectivity index (χ4v) is 4.38. The maximum Gasteiger partial charge on any atom is 0.329 e. The van der Waals surface area contributed by atoms with Crippen molar-refractivity contribution in [1.29, 1.82) is 0 Å². The maximum absolute atomic E-state index is 14.5. The number of aromatic hydroxyl groups is 1. The molecule has 0 aliphatic rings. The lowest BCUT2D eigenvalue weighted by Gasteiger charge is -2.20. The van der Waals surface area contributed by atoms with Crippen LogP contribution in [0.1, 0.15) is 25.7 Å². The summed E-state index contributed by atoms with van der Waals surface area (Å²) >= 11 is 2.04. The Morgan fingerprint density at radius 1 is 1.17 bits per heavy atom. The molecule has 0 bridgehead atoms. The molecule has 2 aromatic carbocycles. The van der Waals surface area contributed by atoms with Crippen molar-refractivity contribution in [3.05, 3.63) is 74.4 Å². The highest BCUT2D eigenvalue weighted by Crippen LogP contribution is 2.34. The molecule has 0 fully saturated rings. The summed E-state index contributed by atoms with van der Waals surface area (Å²) in [5.41, 5.74) is 1.07. The predicted molar refractivity (Wildman–Crippen MR) is 140 cm³/mol. The van der Waals surface area contributed by atoms with Gasteiger partial charge in [0.15, 0.2) is 0 Å². The van der Waals surface area contributed by atoms with Crippen molar-refractivity contribution in [1.82, 2.24) is 19.5 Å². The Morgan fingerprint density at radius 3 is 2.53 bits per heavy atom. The van der Waals surface area contributed by atoms with Gasteiger partial charge in [-0.25, -0.2) is 14.2 Å². The van der Waals surface area contributed by atoms with Crippen molar-refractivity contribution in [3.63, 3.8) is 0 Å². The van der Waals surface area contributed by atoms with Gasteiger partial charge in [0, 0.05) is 14.7 Å². The van der Waals surface area contributed by atoms with Gasteiger partial charge in [0.05, 0.1) is 18.5 Å². The first-order valence-corrected chi connectivity index (χ1v) is 12.3. The second-order valence-electron chi connectivity index (χ2n) is 8.67. The molecule has 4 aromatic rings. The van der Waals surface area contributed by atoms with Gasteiger partial charge in [-0.2, -0.15) is 0 Å². The SMILES string of the molecule is CC(C)[C@H](c1ncc(-c2ccc(I)cc2F)[nH]1)n1c(O)c(-c2ccc(OC[C@H](O)CO)cc2)[nH]c1=O. The van der Waals surface area contributed by atoms with Gasteiger partial charge in [-0.15, -0.1) is 0 Å². The molecule has 36 heavy (non-hydrogen) atoms. The summed E-state index contributed by atoms with van der Waals surface area (Å²) in [6, 6.07) is 10.8. The Hall–Kier alpha value is -3.16. The lowest BCUT2D eigenvalue weighted by atomic mass is 10.0. The average molecular weight is 608 g/mol. The summed E-state index contributed by atoms with van der Waals surface area (Å²) in [6.07, 6.45) is 0.522. The third-order valence-electron chi connectivity index (χ3n) is 5.71. The first-order valence-electron chi connectivity index (χ1n) is 11.3. The van der Waals surface area contributed by atoms with E-state index in [1.807, 2.05) is 36.4 Å². The minimum Gasteiger partial charge on any atom is -0.493 e. The molecule has 0 aliphatic carbocycles. The van der Waals surface area contributed by atoms with Crippen LogP contribution in [0.2, 0.25) is 0 Å². The van der Waals surface area contributed by atoms with Crippen LogP contribution in [0.4, 0.5) is 4.39 Å². The molecule has 0 aliphatic heterocycles. The van der Waals surface area contributed by atoms with Crippen molar-refractivity contribution in [2.24, 2.45) is 5.92 Å². The summed E-state index contributed by atoms with van der Waals surface area (Å²) in [5, 5.41) is 29.4. The molecule has 11 heteroatoms. The van der Waals surface area contributed by atoms with Gasteiger partial charge >= 0.3 is 5.69 Å². The van der Waals surface area contributed by atoms with Gasteiger partial charge in [0.2, 0.25) is 5.88 Å². The summed E-state index contributed by atoms with van der Waals surface area (Å²) in [5.74, 6) is 0.0686. The molecule has 0 spiro atoms. The molecule has 4 rings (SSSR count). The largest absolute Gasteiger partial charge is 0.493 e. The number of hydrogen-bond acceptors (Lipinski definition) is 6. The van der Waals surface area contributed by atoms with Crippen LogP contribution in [0.3, 0.4) is 0 Å². The van der Waals surface area contributed by atoms with Crippen LogP contribution >= 0.6 is 22.6 Å². The fraction of sp³-hybridized carbons (Fsp3) is 0.280. The lowest BCUT2D eigenvalue weighted by Crippen LogP contribution is -2.27. The van der Waals surface area contributed by atoms with E-state index >= 15 is 0 Å². The van der Waals surface area contributed by atoms with Crippen molar-refractivity contribution in [3.8, 4) is 34.1 Å². The molecule has 5 N–H and O–H groups in total. The van der Waals surface area contributed by atoms with Crippen LogP contribution in [0, 0.1) is 15.3 Å². The van der Waals surface area contributed by atoms with Gasteiger partial charge in [0.25, 0.3) is 0 Å². The third-order valence-corrected chi connectivity index (χ3v) is 6.38. The van der Waals surface area contributed by atoms with E-state index in [1.165, 1.54) is 16.8 Å². The smallest absolute Gasteiger partial charge is 0.329 e. The zero-order valence-electron chi connectivity index (χ0n) is 19.6. The van der Waals surface area contributed by atoms with Crippen LogP contribution in [-0.2, 0) is 0 Å². The van der Waals surface area contributed by atoms with E-state index in [2.05, 4.69) is 15.0 Å². The number of ether oxygens (including phenoxy) is 1. The van der Waals surface area contributed by atoms with Crippen LogP contribution in [0.5, 0.6) is 11.6 Å². The Morgan fingerprint density at radius 2 is 1.89 bits per heavy atom. The van der Waals surface area contributed by atoms with Gasteiger partial charge < -0.3 is 30.0 Å². The number of H-pyrrole nitrogens is 2. The molecule has 2 atom stereocenters. The Kier molecular flexibility index (Phi) is 7.81. The van der Waals surface area contributed by atoms with E-state index in [1.54, 1.807) is 36.4 Å². The average Bonchev–Trinajstić information content (AvgIpc) is 3.43. The van der Waals surface area contributed by atoms with Crippen LogP contribution in [0.25, 0.3) is 22.5 Å². The topological polar surface area (TPSA) is 136 Å². The molecule has 2 heterocycles. The van der Waals surface area contributed by atoms with Gasteiger partial charge in [-0.3, -0.25) is 4.57 Å². The second-order valence-corrected chi connectivity index (χ2v) is 9.91. The van der Waals surface area contributed by atoms with E-state index < -0.39 is 24.4 Å². The predicted octanol–water partition coefficient (Wildman–Crippen LogP) is 3.66. The summed E-state index contributed by atoms with van der Waals surface area (Å²) < 4.78 is 21.9. The number of aromatic nitrogens is 4. The summed E-state index contributed by atoms with van der Waals surface area (Å²) in [4.78, 5) is 23.2. The number of imidazole rings is 2. The number of halogens is 2. The fourth-order valence-electron chi connectivity index (χ4n) is 3.93. The number of aromatic amines is 2. The van der Waals surface area contributed by atoms with Gasteiger partial charge in [-0.1, -0.05) is 13.8 Å². The summed E-state index contributed by atoms with van der Waals surface area (Å²) in [6.45, 7) is 3.31. The number of nitrogens with zero attached hydrogens (tertiary/aromatic N) is 2. The van der Waals surface area contributed by atoms with Crippen LogP contribution in [-0.4, -0.2) is 54.2 Å². The van der Waals surface area contributed by atoms with Crippen molar-refractivity contribution >= 4 is 22.6 Å². The van der Waals surface area contributed by atoms with E-state index in [4.69, 9.17) is 9.84 Å². The minimum atomic E-state index is -0.990. The standard InChI is InChI=1S/C25H26FIN4O5/c1-13(2)22(23-28-10-20(29-23)18-8-5-15(27)9-19(18)26)31-24(34)21(30-25(31)35)14-3-6-17(7-4-14)36-12-16(33)11-32/h3-10,13,16,22,32-34H,11-12H2,1-2H3,(H,28,29)(H,30,35)/t16-,22-/m1/s1. The number of nitrogens with one attached hydrogen (secondary N) is 2. The van der Waals surface area contributed by atoms with Crippen molar-refractivity contribution in [2.45, 2.75) is 26.0 Å². The van der Waals surface area contributed by atoms with E-state index in [9.17, 15) is 19.4 Å². The molecular weight excluding hydrogens is 582 g/mol. The molecule has 0 saturated heterocycles. The van der Waals surface area contributed by atoms with Crippen LogP contribution in [0.15, 0.2) is 53.5 Å². The molecular formula is C25H26FIN4O5. The van der Waals surface area contributed by atoms with Crippen LogP contribution < -0.4 is 10.4 Å². The zero-order chi connectivity index (χ0) is 26.0. The highest BCUT2D eigenvalue weighted by atomic mass is 127. The lowest BCUT2D eigenvalue weighted by molar-refractivity contribution is 0.0536. The first-order chi connectivity index (χ1) is 17.2. The monoisotopic (exact) mass is 608 g/mol. The minimum absolute atomic E-state index is 0.0678. The third kappa shape index (κ3) is 5.32. The molecule has 9 nitrogen and oxygen atoms in total. The van der Waals surface area contributed by atoms with E-state index in [0.29, 0.717) is 28.4 Å². The highest BCUT2D eigenvalue weighted by Gasteiger charge is 2.28. The van der Waals surface area contributed by atoms with Crippen molar-refractivity contribution in [2.75, 3.05) is 13.2 Å². The first kappa shape index (κ1) is 25.9. The molecule has 0 saturated carbocycles. The van der Waals surface area contributed by atoms with E-state index in [0.717, 1.165) is 3.57 Å². The van der Waals surface area contributed by atoms with Gasteiger partial charge in [-0.05, 0) is 71.0 Å². The molecule has 0 radical (unpaired) electrons. The van der Waals surface area contributed by atoms with Crippen molar-refractivity contribution < 1.29 is 24.4 Å². The Labute approximate surface area is 219 Å². The van der Waals surface area contributed by atoms with Gasteiger partial charge in [0.1, 0.15) is 41.8 Å². The molecule has 0 unspecified atom stereocenters. The van der Waals surface area contributed by atoms with E-state index in [-0.39, 0.29) is 29.9 Å². The number of benzene rings is 2. The summed E-state index contributed by atoms with van der Waals surface area (Å²) in [7, 11) is 0. The second kappa shape index (κ2) is 10.8. The quantitative estimate of drug-likeness (QED) is 0.184. The normalized spacial score (nSPS) is 13.2.